The smallest absolute Gasteiger partial charge is 0.212 e. The predicted molar refractivity (Wildman–Crippen MR) is 62.0 cm³/mol. The minimum Gasteiger partial charge on any atom is -0.212 e. The highest BCUT2D eigenvalue weighted by atomic mass is 32.2. The molecule has 15 heavy (non-hydrogen) atoms. The average Bonchev–Trinajstić information content (AvgIpc) is 2.27. The van der Waals surface area contributed by atoms with E-state index in [1.165, 1.54) is 4.31 Å². The molecule has 0 N–H and O–H groups in total. The highest BCUT2D eigenvalue weighted by molar-refractivity contribution is 7.89. The van der Waals surface area contributed by atoms with Crippen molar-refractivity contribution in [3.05, 3.63) is 35.9 Å². The molecule has 0 aliphatic heterocycles. The van der Waals surface area contributed by atoms with E-state index in [0.29, 0.717) is 13.1 Å². The lowest BCUT2D eigenvalue weighted by molar-refractivity contribution is 0.424. The molecule has 0 saturated carbocycles. The van der Waals surface area contributed by atoms with E-state index in [1.807, 2.05) is 37.3 Å². The van der Waals surface area contributed by atoms with Crippen molar-refractivity contribution in [2.75, 3.05) is 12.3 Å². The molecule has 0 amide bonds. The first-order chi connectivity index (χ1) is 7.10. The number of hydrogen-bond acceptors (Lipinski definition) is 2. The van der Waals surface area contributed by atoms with Gasteiger partial charge in [-0.1, -0.05) is 37.3 Å². The molecule has 1 rings (SSSR count). The maximum absolute atomic E-state index is 11.7. The zero-order valence-electron chi connectivity index (χ0n) is 9.18. The number of sulfonamides is 1. The van der Waals surface area contributed by atoms with Crippen LogP contribution in [0.2, 0.25) is 0 Å². The van der Waals surface area contributed by atoms with Crippen LogP contribution in [0.3, 0.4) is 0 Å². The van der Waals surface area contributed by atoms with Crippen LogP contribution >= 0.6 is 0 Å². The second-order valence-electron chi connectivity index (χ2n) is 3.31. The minimum atomic E-state index is -3.08. The molecular formula is C11H17NO2S. The van der Waals surface area contributed by atoms with Crippen molar-refractivity contribution >= 4 is 10.0 Å². The highest BCUT2D eigenvalue weighted by Gasteiger charge is 2.17. The second kappa shape index (κ2) is 5.28. The number of hydrogen-bond donors (Lipinski definition) is 0. The van der Waals surface area contributed by atoms with Crippen molar-refractivity contribution in [2.24, 2.45) is 0 Å². The Morgan fingerprint density at radius 3 is 2.20 bits per heavy atom. The lowest BCUT2D eigenvalue weighted by Gasteiger charge is -2.19. The number of benzene rings is 1. The summed E-state index contributed by atoms with van der Waals surface area (Å²) in [7, 11) is -3.08. The lowest BCUT2D eigenvalue weighted by Crippen LogP contribution is -2.31. The Morgan fingerprint density at radius 1 is 1.13 bits per heavy atom. The molecule has 0 aliphatic rings. The molecule has 0 saturated heterocycles. The molecule has 0 fully saturated rings. The summed E-state index contributed by atoms with van der Waals surface area (Å²) in [6.07, 6.45) is 0. The Labute approximate surface area is 91.8 Å². The van der Waals surface area contributed by atoms with Crippen molar-refractivity contribution in [3.63, 3.8) is 0 Å². The van der Waals surface area contributed by atoms with Gasteiger partial charge in [-0.25, -0.2) is 8.42 Å². The van der Waals surface area contributed by atoms with Gasteiger partial charge in [0.25, 0.3) is 0 Å². The highest BCUT2D eigenvalue weighted by Crippen LogP contribution is 2.08. The van der Waals surface area contributed by atoms with E-state index in [2.05, 4.69) is 0 Å². The van der Waals surface area contributed by atoms with Crippen molar-refractivity contribution in [1.82, 2.24) is 4.31 Å². The largest absolute Gasteiger partial charge is 0.214 e. The van der Waals surface area contributed by atoms with Gasteiger partial charge >= 0.3 is 0 Å². The van der Waals surface area contributed by atoms with E-state index in [9.17, 15) is 8.42 Å². The zero-order valence-corrected chi connectivity index (χ0v) is 10.00. The SMILES string of the molecule is CCN(Cc1ccccc1)S(=O)(=O)CC. The second-order valence-corrected chi connectivity index (χ2v) is 5.57. The predicted octanol–water partition coefficient (Wildman–Crippen LogP) is 1.86. The van der Waals surface area contributed by atoms with Gasteiger partial charge in [-0.3, -0.25) is 0 Å². The molecule has 3 nitrogen and oxygen atoms in total. The van der Waals surface area contributed by atoms with Crippen molar-refractivity contribution in [3.8, 4) is 0 Å². The van der Waals surface area contributed by atoms with Crippen LogP contribution in [-0.2, 0) is 16.6 Å². The van der Waals surface area contributed by atoms with Crippen LogP contribution in [0.4, 0.5) is 0 Å². The molecule has 0 radical (unpaired) electrons. The Hall–Kier alpha value is -0.870. The fourth-order valence-electron chi connectivity index (χ4n) is 1.38. The van der Waals surface area contributed by atoms with Gasteiger partial charge in [-0.15, -0.1) is 0 Å². The summed E-state index contributed by atoms with van der Waals surface area (Å²) in [6.45, 7) is 4.51. The van der Waals surface area contributed by atoms with E-state index in [4.69, 9.17) is 0 Å². The topological polar surface area (TPSA) is 37.4 Å². The average molecular weight is 227 g/mol. The van der Waals surface area contributed by atoms with Crippen LogP contribution in [0, 0.1) is 0 Å². The van der Waals surface area contributed by atoms with Crippen molar-refractivity contribution < 1.29 is 8.42 Å². The molecule has 0 spiro atoms. The van der Waals surface area contributed by atoms with Crippen LogP contribution < -0.4 is 0 Å². The Bertz CT molecular complexity index is 386. The van der Waals surface area contributed by atoms with Gasteiger partial charge in [-0.05, 0) is 12.5 Å². The summed E-state index contributed by atoms with van der Waals surface area (Å²) in [4.78, 5) is 0. The van der Waals surface area contributed by atoms with Gasteiger partial charge < -0.3 is 0 Å². The van der Waals surface area contributed by atoms with Crippen LogP contribution in [-0.4, -0.2) is 25.0 Å². The number of rotatable bonds is 5. The van der Waals surface area contributed by atoms with Crippen molar-refractivity contribution in [1.29, 1.82) is 0 Å². The van der Waals surface area contributed by atoms with Gasteiger partial charge in [0.2, 0.25) is 10.0 Å². The first kappa shape index (κ1) is 12.2. The van der Waals surface area contributed by atoms with Crippen LogP contribution in [0.25, 0.3) is 0 Å². The molecule has 0 aromatic heterocycles. The maximum atomic E-state index is 11.7. The fraction of sp³-hybridized carbons (Fsp3) is 0.455. The monoisotopic (exact) mass is 227 g/mol. The third-order valence-electron chi connectivity index (χ3n) is 2.31. The summed E-state index contributed by atoms with van der Waals surface area (Å²) in [5.41, 5.74) is 1.02. The zero-order chi connectivity index (χ0) is 11.3. The molecule has 0 aliphatic carbocycles. The molecular weight excluding hydrogens is 210 g/mol. The van der Waals surface area contributed by atoms with Gasteiger partial charge in [0.15, 0.2) is 0 Å². The fourth-order valence-corrected chi connectivity index (χ4v) is 2.48. The molecule has 1 aromatic carbocycles. The quantitative estimate of drug-likeness (QED) is 0.770. The summed E-state index contributed by atoms with van der Waals surface area (Å²) in [5.74, 6) is 0.160. The van der Waals surface area contributed by atoms with Crippen LogP contribution in [0.5, 0.6) is 0 Å². The Balaban J connectivity index is 2.80. The van der Waals surface area contributed by atoms with E-state index < -0.39 is 10.0 Å². The Kier molecular flexibility index (Phi) is 4.29. The van der Waals surface area contributed by atoms with E-state index in [1.54, 1.807) is 6.92 Å². The molecule has 0 atom stereocenters. The first-order valence-electron chi connectivity index (χ1n) is 5.12. The first-order valence-corrected chi connectivity index (χ1v) is 6.72. The number of nitrogens with zero attached hydrogens (tertiary/aromatic N) is 1. The van der Waals surface area contributed by atoms with Crippen molar-refractivity contribution in [2.45, 2.75) is 20.4 Å². The summed E-state index contributed by atoms with van der Waals surface area (Å²) >= 11 is 0. The van der Waals surface area contributed by atoms with Gasteiger partial charge in [0.1, 0.15) is 0 Å². The minimum absolute atomic E-state index is 0.160. The normalized spacial score (nSPS) is 11.9. The summed E-state index contributed by atoms with van der Waals surface area (Å²) < 4.78 is 24.8. The van der Waals surface area contributed by atoms with Crippen LogP contribution in [0.15, 0.2) is 30.3 Å². The standard InChI is InChI=1S/C11H17NO2S/c1-3-12(15(13,14)4-2)10-11-8-6-5-7-9-11/h5-9H,3-4,10H2,1-2H3. The van der Waals surface area contributed by atoms with Gasteiger partial charge in [0, 0.05) is 13.1 Å². The summed E-state index contributed by atoms with van der Waals surface area (Å²) in [6, 6.07) is 9.64. The third-order valence-corrected chi connectivity index (χ3v) is 4.22. The molecule has 1 aromatic rings. The third kappa shape index (κ3) is 3.32. The molecule has 0 heterocycles. The molecule has 4 heteroatoms. The summed E-state index contributed by atoms with van der Waals surface area (Å²) in [5, 5.41) is 0. The van der Waals surface area contributed by atoms with E-state index >= 15 is 0 Å². The lowest BCUT2D eigenvalue weighted by atomic mass is 10.2. The molecule has 84 valence electrons. The van der Waals surface area contributed by atoms with Gasteiger partial charge in [0.05, 0.1) is 5.75 Å². The van der Waals surface area contributed by atoms with E-state index in [0.717, 1.165) is 5.56 Å². The maximum Gasteiger partial charge on any atom is 0.214 e. The molecule has 0 bridgehead atoms. The molecule has 0 unspecified atom stereocenters. The van der Waals surface area contributed by atoms with Gasteiger partial charge in [-0.2, -0.15) is 4.31 Å². The van der Waals surface area contributed by atoms with Crippen LogP contribution in [0.1, 0.15) is 19.4 Å². The Morgan fingerprint density at radius 2 is 1.73 bits per heavy atom. The van der Waals surface area contributed by atoms with E-state index in [-0.39, 0.29) is 5.75 Å².